The Hall–Kier alpha value is -1.86. The monoisotopic (exact) mass is 377 g/mol. The summed E-state index contributed by atoms with van der Waals surface area (Å²) in [6.45, 7) is -0.607. The summed E-state index contributed by atoms with van der Waals surface area (Å²) in [5.74, 6) is 0.379. The first-order valence-electron chi connectivity index (χ1n) is 7.06. The molecule has 0 aliphatic carbocycles. The Bertz CT molecular complexity index is 802. The molecule has 0 saturated carbocycles. The molecule has 1 aliphatic rings. The second kappa shape index (κ2) is 6.80. The van der Waals surface area contributed by atoms with Gasteiger partial charge in [-0.15, -0.1) is 4.73 Å². The Morgan fingerprint density at radius 2 is 2.12 bits per heavy atom. The van der Waals surface area contributed by atoms with Gasteiger partial charge in [0.1, 0.15) is 31.0 Å². The molecule has 5 atom stereocenters. The number of anilines is 1. The van der Waals surface area contributed by atoms with Crippen LogP contribution in [-0.4, -0.2) is 78.2 Å². The SMILES string of the molecule is CNc1ncnc2c1ncn2OP(=O)(O)OC1O[C@H](CO)[C@@H](O)[C@H]1O. The van der Waals surface area contributed by atoms with Crippen LogP contribution in [0.2, 0.25) is 0 Å². The number of phosphoric acid groups is 1. The van der Waals surface area contributed by atoms with E-state index >= 15 is 0 Å². The summed E-state index contributed by atoms with van der Waals surface area (Å²) < 4.78 is 27.5. The molecule has 0 radical (unpaired) electrons. The minimum Gasteiger partial charge on any atom is -0.394 e. The molecule has 0 aromatic carbocycles. The summed E-state index contributed by atoms with van der Waals surface area (Å²) in [6, 6.07) is 0. The van der Waals surface area contributed by atoms with Gasteiger partial charge in [-0.1, -0.05) is 0 Å². The fraction of sp³-hybridized carbons (Fsp3) is 0.545. The van der Waals surface area contributed by atoms with E-state index in [2.05, 4.69) is 20.3 Å². The number of rotatable bonds is 6. The predicted octanol–water partition coefficient (Wildman–Crippen LogP) is -2.15. The van der Waals surface area contributed by atoms with Crippen LogP contribution in [0.1, 0.15) is 0 Å². The molecule has 2 aromatic rings. The van der Waals surface area contributed by atoms with Crippen LogP contribution >= 0.6 is 7.82 Å². The minimum atomic E-state index is -4.79. The Morgan fingerprint density at radius 3 is 2.76 bits per heavy atom. The molecule has 25 heavy (non-hydrogen) atoms. The fourth-order valence-electron chi connectivity index (χ4n) is 2.27. The lowest BCUT2D eigenvalue weighted by molar-refractivity contribution is -0.128. The maximum Gasteiger partial charge on any atom is 0.549 e. The van der Waals surface area contributed by atoms with E-state index in [9.17, 15) is 19.7 Å². The third kappa shape index (κ3) is 3.43. The number of aromatic nitrogens is 4. The Kier molecular flexibility index (Phi) is 4.88. The van der Waals surface area contributed by atoms with Crippen molar-refractivity contribution in [2.24, 2.45) is 0 Å². The van der Waals surface area contributed by atoms with Gasteiger partial charge in [-0.05, 0) is 0 Å². The van der Waals surface area contributed by atoms with E-state index in [4.69, 9.17) is 19.0 Å². The van der Waals surface area contributed by atoms with E-state index in [0.29, 0.717) is 5.82 Å². The second-order valence-corrected chi connectivity index (χ2v) is 6.39. The molecule has 1 aliphatic heterocycles. The molecule has 0 spiro atoms. The van der Waals surface area contributed by atoms with Crippen LogP contribution in [0, 0.1) is 0 Å². The summed E-state index contributed by atoms with van der Waals surface area (Å²) >= 11 is 0. The molecule has 3 rings (SSSR count). The minimum absolute atomic E-state index is 0.0957. The first-order chi connectivity index (χ1) is 11.9. The molecule has 14 heteroatoms. The van der Waals surface area contributed by atoms with Gasteiger partial charge < -0.3 is 30.0 Å². The van der Waals surface area contributed by atoms with Crippen LogP contribution in [0.15, 0.2) is 12.7 Å². The lowest BCUT2D eigenvalue weighted by atomic mass is 10.1. The van der Waals surface area contributed by atoms with Gasteiger partial charge in [-0.25, -0.2) is 24.0 Å². The maximum atomic E-state index is 12.2. The molecule has 13 nitrogen and oxygen atoms in total. The van der Waals surface area contributed by atoms with Gasteiger partial charge in [0.15, 0.2) is 17.6 Å². The van der Waals surface area contributed by atoms with Crippen LogP contribution in [0.25, 0.3) is 11.2 Å². The molecule has 138 valence electrons. The molecule has 2 aromatic heterocycles. The number of fused-ring (bicyclic) bond motifs is 1. The summed E-state index contributed by atoms with van der Waals surface area (Å²) in [7, 11) is -3.18. The normalized spacial score (nSPS) is 28.8. The summed E-state index contributed by atoms with van der Waals surface area (Å²) in [5.41, 5.74) is 0.385. The lowest BCUT2D eigenvalue weighted by Gasteiger charge is -2.19. The number of aliphatic hydroxyl groups is 3. The number of nitrogens with one attached hydrogen (secondary N) is 1. The number of imidazole rings is 1. The van der Waals surface area contributed by atoms with Crippen LogP contribution < -0.4 is 9.94 Å². The largest absolute Gasteiger partial charge is 0.549 e. The standard InChI is InChI=1S/C11H16N5O8P/c1-12-9-6-10(14-3-13-9)16(4-15-6)24-25(20,21)23-11-8(19)7(18)5(2-17)22-11/h3-5,7-8,11,17-19H,2H2,1H3,(H,20,21)(H,12,13,14)/t5-,7-,8-,11?/m1/s1. The van der Waals surface area contributed by atoms with E-state index < -0.39 is 39.0 Å². The van der Waals surface area contributed by atoms with Crippen molar-refractivity contribution in [3.63, 3.8) is 0 Å². The highest BCUT2D eigenvalue weighted by Gasteiger charge is 2.47. The van der Waals surface area contributed by atoms with Crippen molar-refractivity contribution in [2.45, 2.75) is 24.6 Å². The fourth-order valence-corrected chi connectivity index (χ4v) is 3.09. The lowest BCUT2D eigenvalue weighted by Crippen LogP contribution is -2.34. The Balaban J connectivity index is 1.77. The maximum absolute atomic E-state index is 12.2. The molecule has 2 unspecified atom stereocenters. The van der Waals surface area contributed by atoms with Gasteiger partial charge in [0.05, 0.1) is 6.61 Å². The summed E-state index contributed by atoms with van der Waals surface area (Å²) in [6.07, 6.45) is -3.65. The first-order valence-corrected chi connectivity index (χ1v) is 8.55. The first kappa shape index (κ1) is 17.9. The van der Waals surface area contributed by atoms with Crippen molar-refractivity contribution in [1.82, 2.24) is 19.7 Å². The Labute approximate surface area is 140 Å². The zero-order valence-electron chi connectivity index (χ0n) is 12.8. The highest BCUT2D eigenvalue weighted by atomic mass is 31.2. The number of hydrogen-bond acceptors (Lipinski definition) is 11. The number of nitrogens with zero attached hydrogens (tertiary/aromatic N) is 4. The van der Waals surface area contributed by atoms with Gasteiger partial charge >= 0.3 is 7.82 Å². The molecule has 0 amide bonds. The third-order valence-electron chi connectivity index (χ3n) is 3.47. The molecular formula is C11H16N5O8P. The zero-order chi connectivity index (χ0) is 18.2. The van der Waals surface area contributed by atoms with E-state index in [1.807, 2.05) is 0 Å². The average molecular weight is 377 g/mol. The smallest absolute Gasteiger partial charge is 0.394 e. The number of phosphoric ester groups is 1. The van der Waals surface area contributed by atoms with Crippen molar-refractivity contribution in [3.05, 3.63) is 12.7 Å². The highest BCUT2D eigenvalue weighted by Crippen LogP contribution is 2.44. The van der Waals surface area contributed by atoms with Gasteiger partial charge in [0, 0.05) is 7.05 Å². The molecular weight excluding hydrogens is 361 g/mol. The van der Waals surface area contributed by atoms with Crippen LogP contribution in [0.5, 0.6) is 0 Å². The number of ether oxygens (including phenoxy) is 1. The zero-order valence-corrected chi connectivity index (χ0v) is 13.7. The van der Waals surface area contributed by atoms with E-state index in [0.717, 1.165) is 11.1 Å². The quantitative estimate of drug-likeness (QED) is 0.345. The van der Waals surface area contributed by atoms with E-state index in [1.165, 1.54) is 6.33 Å². The molecule has 5 N–H and O–H groups in total. The van der Waals surface area contributed by atoms with Crippen molar-refractivity contribution in [1.29, 1.82) is 0 Å². The van der Waals surface area contributed by atoms with Crippen LogP contribution in [-0.2, 0) is 13.8 Å². The third-order valence-corrected chi connectivity index (χ3v) is 4.32. The van der Waals surface area contributed by atoms with Gasteiger partial charge in [0.25, 0.3) is 0 Å². The van der Waals surface area contributed by atoms with Crippen molar-refractivity contribution >= 4 is 24.8 Å². The van der Waals surface area contributed by atoms with E-state index in [-0.39, 0.29) is 11.2 Å². The van der Waals surface area contributed by atoms with Crippen LogP contribution in [0.3, 0.4) is 0 Å². The van der Waals surface area contributed by atoms with Gasteiger partial charge in [-0.2, -0.15) is 0 Å². The van der Waals surface area contributed by atoms with Crippen molar-refractivity contribution in [3.8, 4) is 0 Å². The number of hydrogen-bond donors (Lipinski definition) is 5. The van der Waals surface area contributed by atoms with Crippen LogP contribution in [0.4, 0.5) is 5.82 Å². The summed E-state index contributed by atoms with van der Waals surface area (Å²) in [5, 5.41) is 31.1. The van der Waals surface area contributed by atoms with Gasteiger partial charge in [0.2, 0.25) is 5.65 Å². The topological polar surface area (TPSA) is 181 Å². The summed E-state index contributed by atoms with van der Waals surface area (Å²) in [4.78, 5) is 21.7. The van der Waals surface area contributed by atoms with E-state index in [1.54, 1.807) is 7.05 Å². The number of aliphatic hydroxyl groups excluding tert-OH is 3. The second-order valence-electron chi connectivity index (χ2n) is 5.08. The molecule has 0 bridgehead atoms. The van der Waals surface area contributed by atoms with Crippen molar-refractivity contribution in [2.75, 3.05) is 19.0 Å². The molecule has 1 saturated heterocycles. The average Bonchev–Trinajstić information content (AvgIpc) is 3.10. The molecule has 3 heterocycles. The molecule has 1 fully saturated rings. The van der Waals surface area contributed by atoms with Crippen molar-refractivity contribution < 1.29 is 38.7 Å². The van der Waals surface area contributed by atoms with Gasteiger partial charge in [-0.3, -0.25) is 4.89 Å². The highest BCUT2D eigenvalue weighted by molar-refractivity contribution is 7.47. The predicted molar refractivity (Wildman–Crippen MR) is 80.1 cm³/mol. The Morgan fingerprint density at radius 1 is 1.36 bits per heavy atom.